The minimum atomic E-state index is -0.736. The van der Waals surface area contributed by atoms with E-state index in [0.29, 0.717) is 6.54 Å². The average Bonchev–Trinajstić information content (AvgIpc) is 2.70. The van der Waals surface area contributed by atoms with Crippen LogP contribution in [0.5, 0.6) is 11.5 Å². The second-order valence-corrected chi connectivity index (χ2v) is 8.36. The van der Waals surface area contributed by atoms with E-state index < -0.39 is 5.97 Å². The first-order valence-electron chi connectivity index (χ1n) is 10.1. The SMILES string of the molecule is COc1ccc(C[C@@H]2c3cc(C)c(C)cc3CC[N+]2(C)CCC(=O)O)cc1OC. The molecule has 0 aromatic heterocycles. The number of carboxylic acids is 1. The molecule has 0 aliphatic carbocycles. The molecule has 0 spiro atoms. The van der Waals surface area contributed by atoms with Gasteiger partial charge in [0.25, 0.3) is 0 Å². The van der Waals surface area contributed by atoms with E-state index in [1.165, 1.54) is 27.8 Å². The summed E-state index contributed by atoms with van der Waals surface area (Å²) in [6.45, 7) is 5.88. The molecule has 0 saturated carbocycles. The molecule has 156 valence electrons. The molecule has 0 bridgehead atoms. The zero-order valence-corrected chi connectivity index (χ0v) is 18.1. The largest absolute Gasteiger partial charge is 0.493 e. The van der Waals surface area contributed by atoms with Crippen molar-refractivity contribution in [2.24, 2.45) is 0 Å². The molecule has 0 fully saturated rings. The molecular weight excluding hydrogens is 366 g/mol. The van der Waals surface area contributed by atoms with Gasteiger partial charge in [-0.15, -0.1) is 0 Å². The molecule has 0 amide bonds. The van der Waals surface area contributed by atoms with Crippen LogP contribution in [-0.2, 0) is 17.6 Å². The van der Waals surface area contributed by atoms with Gasteiger partial charge in [0.15, 0.2) is 11.5 Å². The number of fused-ring (bicyclic) bond motifs is 1. The maximum absolute atomic E-state index is 11.3. The number of nitrogens with zero attached hydrogens (tertiary/aromatic N) is 1. The summed E-state index contributed by atoms with van der Waals surface area (Å²) < 4.78 is 11.6. The second-order valence-electron chi connectivity index (χ2n) is 8.36. The van der Waals surface area contributed by atoms with Crippen molar-refractivity contribution in [3.8, 4) is 11.5 Å². The van der Waals surface area contributed by atoms with Crippen LogP contribution in [0.2, 0.25) is 0 Å². The summed E-state index contributed by atoms with van der Waals surface area (Å²) in [4.78, 5) is 11.3. The monoisotopic (exact) mass is 398 g/mol. The van der Waals surface area contributed by atoms with Gasteiger partial charge in [-0.05, 0) is 54.3 Å². The first-order chi connectivity index (χ1) is 13.8. The van der Waals surface area contributed by atoms with Crippen LogP contribution in [0.1, 0.15) is 40.3 Å². The van der Waals surface area contributed by atoms with Crippen LogP contribution in [0.4, 0.5) is 0 Å². The molecule has 1 N–H and O–H groups in total. The molecule has 2 aromatic carbocycles. The fourth-order valence-corrected chi connectivity index (χ4v) is 4.47. The number of aryl methyl sites for hydroxylation is 2. The summed E-state index contributed by atoms with van der Waals surface area (Å²) in [5.74, 6) is 0.704. The van der Waals surface area contributed by atoms with Crippen LogP contribution in [0.25, 0.3) is 0 Å². The highest BCUT2D eigenvalue weighted by Crippen LogP contribution is 2.40. The van der Waals surface area contributed by atoms with E-state index in [4.69, 9.17) is 9.47 Å². The number of hydrogen-bond donors (Lipinski definition) is 1. The maximum Gasteiger partial charge on any atom is 0.309 e. The Balaban J connectivity index is 2.02. The fourth-order valence-electron chi connectivity index (χ4n) is 4.47. The van der Waals surface area contributed by atoms with Crippen molar-refractivity contribution in [1.82, 2.24) is 0 Å². The Hall–Kier alpha value is -2.53. The van der Waals surface area contributed by atoms with Gasteiger partial charge in [-0.25, -0.2) is 0 Å². The van der Waals surface area contributed by atoms with Crippen molar-refractivity contribution < 1.29 is 23.9 Å². The van der Waals surface area contributed by atoms with Crippen LogP contribution in [0, 0.1) is 13.8 Å². The molecule has 0 saturated heterocycles. The van der Waals surface area contributed by atoms with E-state index in [0.717, 1.165) is 35.4 Å². The summed E-state index contributed by atoms with van der Waals surface area (Å²) in [5, 5.41) is 9.30. The molecule has 0 radical (unpaired) electrons. The lowest BCUT2D eigenvalue weighted by Crippen LogP contribution is -2.53. The quantitative estimate of drug-likeness (QED) is 0.714. The Morgan fingerprint density at radius 1 is 1.10 bits per heavy atom. The lowest BCUT2D eigenvalue weighted by molar-refractivity contribution is -0.940. The molecule has 3 rings (SSSR count). The minimum Gasteiger partial charge on any atom is -0.493 e. The van der Waals surface area contributed by atoms with Crippen molar-refractivity contribution in [3.63, 3.8) is 0 Å². The molecular formula is C24H32NO4+. The Morgan fingerprint density at radius 2 is 1.79 bits per heavy atom. The maximum atomic E-state index is 11.3. The van der Waals surface area contributed by atoms with Crippen LogP contribution in [0.15, 0.2) is 30.3 Å². The predicted molar refractivity (Wildman–Crippen MR) is 114 cm³/mol. The highest BCUT2D eigenvalue weighted by Gasteiger charge is 2.39. The zero-order valence-electron chi connectivity index (χ0n) is 18.1. The molecule has 29 heavy (non-hydrogen) atoms. The van der Waals surface area contributed by atoms with E-state index in [1.54, 1.807) is 14.2 Å². The lowest BCUT2D eigenvalue weighted by atomic mass is 9.84. The average molecular weight is 399 g/mol. The van der Waals surface area contributed by atoms with Crippen molar-refractivity contribution in [1.29, 1.82) is 0 Å². The number of carboxylic acid groups (broad SMARTS) is 1. The zero-order chi connectivity index (χ0) is 21.2. The smallest absolute Gasteiger partial charge is 0.309 e. The summed E-state index contributed by atoms with van der Waals surface area (Å²) in [7, 11) is 5.49. The number of ether oxygens (including phenoxy) is 2. The van der Waals surface area contributed by atoms with E-state index >= 15 is 0 Å². The Kier molecular flexibility index (Phi) is 6.18. The Bertz CT molecular complexity index is 908. The Labute approximate surface area is 173 Å². The highest BCUT2D eigenvalue weighted by atomic mass is 16.5. The highest BCUT2D eigenvalue weighted by molar-refractivity contribution is 5.66. The number of methoxy groups -OCH3 is 2. The topological polar surface area (TPSA) is 55.8 Å². The number of quaternary nitrogens is 1. The van der Waals surface area contributed by atoms with Gasteiger partial charge in [-0.2, -0.15) is 0 Å². The third-order valence-electron chi connectivity index (χ3n) is 6.47. The Morgan fingerprint density at radius 3 is 2.45 bits per heavy atom. The molecule has 1 aliphatic heterocycles. The van der Waals surface area contributed by atoms with Crippen molar-refractivity contribution in [2.75, 3.05) is 34.4 Å². The van der Waals surface area contributed by atoms with Gasteiger partial charge in [0.05, 0.1) is 40.8 Å². The number of likely N-dealkylation sites (N-methyl/N-ethyl adjacent to an activating group) is 1. The summed E-state index contributed by atoms with van der Waals surface area (Å²) in [5.41, 5.74) is 6.51. The molecule has 2 atom stereocenters. The molecule has 2 aromatic rings. The van der Waals surface area contributed by atoms with Crippen molar-refractivity contribution >= 4 is 5.97 Å². The van der Waals surface area contributed by atoms with Gasteiger partial charge in [0.1, 0.15) is 6.04 Å². The van der Waals surface area contributed by atoms with E-state index in [9.17, 15) is 9.90 Å². The van der Waals surface area contributed by atoms with Gasteiger partial charge < -0.3 is 19.1 Å². The van der Waals surface area contributed by atoms with Gasteiger partial charge in [-0.1, -0.05) is 12.1 Å². The molecule has 5 heteroatoms. The van der Waals surface area contributed by atoms with Gasteiger partial charge in [-0.3, -0.25) is 4.79 Å². The van der Waals surface area contributed by atoms with Crippen molar-refractivity contribution in [3.05, 3.63) is 58.1 Å². The van der Waals surface area contributed by atoms with Crippen LogP contribution >= 0.6 is 0 Å². The fraction of sp³-hybridized carbons (Fsp3) is 0.458. The third kappa shape index (κ3) is 4.40. The number of aliphatic carboxylic acids is 1. The number of rotatable bonds is 7. The minimum absolute atomic E-state index is 0.180. The van der Waals surface area contributed by atoms with Crippen LogP contribution < -0.4 is 9.47 Å². The third-order valence-corrected chi connectivity index (χ3v) is 6.47. The van der Waals surface area contributed by atoms with E-state index in [2.05, 4.69) is 39.1 Å². The molecule has 1 unspecified atom stereocenters. The number of benzene rings is 2. The molecule has 1 heterocycles. The van der Waals surface area contributed by atoms with Gasteiger partial charge in [0.2, 0.25) is 0 Å². The van der Waals surface area contributed by atoms with E-state index in [-0.39, 0.29) is 12.5 Å². The van der Waals surface area contributed by atoms with Crippen LogP contribution in [0.3, 0.4) is 0 Å². The number of hydrogen-bond acceptors (Lipinski definition) is 3. The molecule has 1 aliphatic rings. The first-order valence-corrected chi connectivity index (χ1v) is 10.1. The van der Waals surface area contributed by atoms with E-state index in [1.807, 2.05) is 12.1 Å². The predicted octanol–water partition coefficient (Wildman–Crippen LogP) is 4.08. The summed E-state index contributed by atoms with van der Waals surface area (Å²) in [6, 6.07) is 10.9. The first kappa shape index (κ1) is 21.2. The van der Waals surface area contributed by atoms with Gasteiger partial charge in [0, 0.05) is 18.4 Å². The van der Waals surface area contributed by atoms with Crippen molar-refractivity contribution in [2.45, 2.75) is 39.2 Å². The molecule has 5 nitrogen and oxygen atoms in total. The number of carbonyl (C=O) groups is 1. The van der Waals surface area contributed by atoms with Gasteiger partial charge >= 0.3 is 5.97 Å². The second kappa shape index (κ2) is 8.46. The summed E-state index contributed by atoms with van der Waals surface area (Å²) in [6.07, 6.45) is 1.99. The standard InChI is InChI=1S/C24H31NO4/c1-16-12-19-8-10-25(3,11-9-24(26)27)21(20(19)13-17(16)2)14-18-6-7-22(28-4)23(15-18)29-5/h6-7,12-13,15,21H,8-11,14H2,1-5H3/p+1/t21-,25?/m1/s1. The normalized spacial score (nSPS) is 20.8. The lowest BCUT2D eigenvalue weighted by Gasteiger charge is -2.46. The van der Waals surface area contributed by atoms with Crippen LogP contribution in [-0.4, -0.2) is 49.9 Å². The summed E-state index contributed by atoms with van der Waals surface area (Å²) >= 11 is 0.